The minimum absolute atomic E-state index is 0.0443. The molecule has 1 aromatic rings. The topological polar surface area (TPSA) is 82.1 Å². The average molecular weight is 391 g/mol. The summed E-state index contributed by atoms with van der Waals surface area (Å²) < 4.78 is 26.8. The van der Waals surface area contributed by atoms with Crippen molar-refractivity contribution in [2.75, 3.05) is 26.2 Å². The van der Waals surface area contributed by atoms with E-state index in [4.69, 9.17) is 0 Å². The van der Waals surface area contributed by atoms with Crippen LogP contribution in [0.2, 0.25) is 0 Å². The predicted octanol–water partition coefficient (Wildman–Crippen LogP) is 1.20. The summed E-state index contributed by atoms with van der Waals surface area (Å²) in [7, 11) is -3.58. The molecular weight excluding hydrogens is 364 g/mol. The van der Waals surface area contributed by atoms with Crippen LogP contribution in [0.25, 0.3) is 0 Å². The van der Waals surface area contributed by atoms with Gasteiger partial charge in [-0.25, -0.2) is 8.42 Å². The quantitative estimate of drug-likeness (QED) is 0.841. The summed E-state index contributed by atoms with van der Waals surface area (Å²) in [5.74, 6) is 0.216. The molecule has 1 amide bonds. The highest BCUT2D eigenvalue weighted by Crippen LogP contribution is 2.25. The Morgan fingerprint density at radius 2 is 1.81 bits per heavy atom. The van der Waals surface area contributed by atoms with E-state index in [9.17, 15) is 13.2 Å². The van der Waals surface area contributed by atoms with Crippen LogP contribution in [0.4, 0.5) is 0 Å². The maximum Gasteiger partial charge on any atom is 0.263 e. The van der Waals surface area contributed by atoms with Crippen LogP contribution in [-0.2, 0) is 14.8 Å². The van der Waals surface area contributed by atoms with Crippen molar-refractivity contribution in [3.05, 3.63) is 29.8 Å². The van der Waals surface area contributed by atoms with Crippen LogP contribution >= 0.6 is 0 Å². The second-order valence-corrected chi connectivity index (χ2v) is 9.21. The van der Waals surface area contributed by atoms with Gasteiger partial charge in [-0.1, -0.05) is 25.0 Å². The van der Waals surface area contributed by atoms with Crippen molar-refractivity contribution < 1.29 is 13.2 Å². The number of amides is 1. The number of hydrogen-bond donors (Lipinski definition) is 1. The average Bonchev–Trinajstić information content (AvgIpc) is 3.29. The van der Waals surface area contributed by atoms with Crippen molar-refractivity contribution in [1.82, 2.24) is 14.5 Å². The molecule has 7 nitrogen and oxygen atoms in total. The summed E-state index contributed by atoms with van der Waals surface area (Å²) in [6.45, 7) is 4.98. The minimum atomic E-state index is -3.58. The Hall–Kier alpha value is -1.93. The fourth-order valence-electron chi connectivity index (χ4n) is 4.32. The van der Waals surface area contributed by atoms with Gasteiger partial charge in [0.1, 0.15) is 11.9 Å². The van der Waals surface area contributed by atoms with Crippen molar-refractivity contribution >= 4 is 21.8 Å². The summed E-state index contributed by atoms with van der Waals surface area (Å²) in [5.41, 5.74) is 0.531. The van der Waals surface area contributed by atoms with Gasteiger partial charge >= 0.3 is 0 Å². The molecule has 8 heteroatoms. The highest BCUT2D eigenvalue weighted by Gasteiger charge is 2.33. The van der Waals surface area contributed by atoms with Crippen LogP contribution in [0.1, 0.15) is 38.2 Å². The second-order valence-electron chi connectivity index (χ2n) is 7.55. The number of aliphatic imine (C=N–C) groups is 1. The molecule has 27 heavy (non-hydrogen) atoms. The molecule has 0 aromatic heterocycles. The summed E-state index contributed by atoms with van der Waals surface area (Å²) in [4.78, 5) is 21.8. The monoisotopic (exact) mass is 390 g/mol. The van der Waals surface area contributed by atoms with Gasteiger partial charge in [0, 0.05) is 37.8 Å². The number of fused-ring (bicyclic) bond motifs is 1. The summed E-state index contributed by atoms with van der Waals surface area (Å²) in [6.07, 6.45) is 5.18. The summed E-state index contributed by atoms with van der Waals surface area (Å²) in [6, 6.07) is 6.78. The number of sulfonamides is 1. The second kappa shape index (κ2) is 7.24. The van der Waals surface area contributed by atoms with Crippen LogP contribution in [0, 0.1) is 0 Å². The van der Waals surface area contributed by atoms with Gasteiger partial charge in [-0.15, -0.1) is 0 Å². The molecule has 0 bridgehead atoms. The van der Waals surface area contributed by atoms with Gasteiger partial charge in [-0.2, -0.15) is 0 Å². The molecule has 2 heterocycles. The molecule has 2 aliphatic heterocycles. The lowest BCUT2D eigenvalue weighted by Crippen LogP contribution is -2.53. The van der Waals surface area contributed by atoms with Crippen molar-refractivity contribution in [3.8, 4) is 0 Å². The number of benzene rings is 1. The highest BCUT2D eigenvalue weighted by atomic mass is 32.2. The van der Waals surface area contributed by atoms with Crippen LogP contribution in [0.15, 0.2) is 34.2 Å². The van der Waals surface area contributed by atoms with Gasteiger partial charge in [-0.05, 0) is 31.9 Å². The van der Waals surface area contributed by atoms with Crippen molar-refractivity contribution in [3.63, 3.8) is 0 Å². The van der Waals surface area contributed by atoms with Crippen LogP contribution in [0.3, 0.4) is 0 Å². The molecule has 1 aliphatic carbocycles. The predicted molar refractivity (Wildman–Crippen MR) is 103 cm³/mol. The molecule has 146 valence electrons. The fraction of sp³-hybridized carbons (Fsp3) is 0.579. The number of rotatable bonds is 3. The number of piperazine rings is 1. The molecule has 0 unspecified atom stereocenters. The van der Waals surface area contributed by atoms with Crippen LogP contribution in [-0.4, -0.2) is 68.2 Å². The van der Waals surface area contributed by atoms with E-state index in [0.29, 0.717) is 24.7 Å². The lowest BCUT2D eigenvalue weighted by molar-refractivity contribution is -0.134. The third-order valence-corrected chi connectivity index (χ3v) is 7.21. The standard InChI is InChI=1S/C19H26N4O3S/c1-14(20-18-16-8-4-5-9-17(16)27(25,26)21-18)19(24)23-12-10-22(11-13-23)15-6-2-3-7-15/h4-5,8-9,14-15H,2-3,6-7,10-13H2,1H3,(H,20,21)/t14-/m0/s1. The third kappa shape index (κ3) is 3.60. The Bertz CT molecular complexity index is 853. The van der Waals surface area contributed by atoms with E-state index in [1.807, 2.05) is 4.90 Å². The molecule has 1 saturated heterocycles. The first-order valence-electron chi connectivity index (χ1n) is 9.68. The molecule has 0 radical (unpaired) electrons. The fourth-order valence-corrected chi connectivity index (χ4v) is 5.56. The number of carbonyl (C=O) groups is 1. The zero-order valence-corrected chi connectivity index (χ0v) is 16.4. The van der Waals surface area contributed by atoms with E-state index in [1.54, 1.807) is 31.2 Å². The van der Waals surface area contributed by atoms with E-state index in [2.05, 4.69) is 14.6 Å². The van der Waals surface area contributed by atoms with E-state index < -0.39 is 16.1 Å². The maximum absolute atomic E-state index is 12.8. The summed E-state index contributed by atoms with van der Waals surface area (Å²) in [5, 5.41) is 0. The molecule has 1 saturated carbocycles. The largest absolute Gasteiger partial charge is 0.338 e. The van der Waals surface area contributed by atoms with Gasteiger partial charge < -0.3 is 4.90 Å². The molecule has 2 fully saturated rings. The zero-order chi connectivity index (χ0) is 19.0. The van der Waals surface area contributed by atoms with Crippen molar-refractivity contribution in [2.45, 2.75) is 49.6 Å². The number of nitrogens with zero attached hydrogens (tertiary/aromatic N) is 3. The SMILES string of the molecule is C[C@H](N=C1NS(=O)(=O)c2ccccc21)C(=O)N1CCN(C2CCCC2)CC1. The molecule has 1 atom stereocenters. The normalized spacial score (nSPS) is 25.4. The van der Waals surface area contributed by atoms with Crippen molar-refractivity contribution in [2.24, 2.45) is 4.99 Å². The Morgan fingerprint density at radius 3 is 2.52 bits per heavy atom. The lowest BCUT2D eigenvalue weighted by atomic mass is 10.1. The molecule has 0 spiro atoms. The van der Waals surface area contributed by atoms with Gasteiger partial charge in [-0.3, -0.25) is 19.4 Å². The summed E-state index contributed by atoms with van der Waals surface area (Å²) >= 11 is 0. The minimum Gasteiger partial charge on any atom is -0.338 e. The third-order valence-electron chi connectivity index (χ3n) is 5.81. The van der Waals surface area contributed by atoms with E-state index in [1.165, 1.54) is 25.7 Å². The first-order valence-corrected chi connectivity index (χ1v) is 11.2. The maximum atomic E-state index is 12.8. The van der Waals surface area contributed by atoms with Crippen LogP contribution in [0.5, 0.6) is 0 Å². The van der Waals surface area contributed by atoms with Gasteiger partial charge in [0.25, 0.3) is 10.0 Å². The van der Waals surface area contributed by atoms with Gasteiger partial charge in [0.05, 0.1) is 4.90 Å². The van der Waals surface area contributed by atoms with E-state index in [-0.39, 0.29) is 16.6 Å². The molecule has 1 aromatic carbocycles. The smallest absolute Gasteiger partial charge is 0.263 e. The Balaban J connectivity index is 1.42. The lowest BCUT2D eigenvalue weighted by Gasteiger charge is -2.38. The molecule has 4 rings (SSSR count). The van der Waals surface area contributed by atoms with E-state index in [0.717, 1.165) is 13.1 Å². The number of carbonyl (C=O) groups excluding carboxylic acids is 1. The molecular formula is C19H26N4O3S. The zero-order valence-electron chi connectivity index (χ0n) is 15.6. The number of nitrogens with one attached hydrogen (secondary N) is 1. The Morgan fingerprint density at radius 1 is 1.15 bits per heavy atom. The number of hydrogen-bond acceptors (Lipinski definition) is 5. The molecule has 3 aliphatic rings. The number of amidine groups is 1. The van der Waals surface area contributed by atoms with Crippen LogP contribution < -0.4 is 4.72 Å². The first-order chi connectivity index (χ1) is 13.0. The Labute approximate surface area is 160 Å². The Kier molecular flexibility index (Phi) is 4.94. The van der Waals surface area contributed by atoms with E-state index >= 15 is 0 Å². The molecule has 1 N–H and O–H groups in total. The van der Waals surface area contributed by atoms with Gasteiger partial charge in [0.2, 0.25) is 5.91 Å². The first kappa shape index (κ1) is 18.4. The highest BCUT2D eigenvalue weighted by molar-refractivity contribution is 7.90. The van der Waals surface area contributed by atoms with Crippen molar-refractivity contribution in [1.29, 1.82) is 0 Å². The van der Waals surface area contributed by atoms with Gasteiger partial charge in [0.15, 0.2) is 0 Å².